The first-order valence-corrected chi connectivity index (χ1v) is 6.63. The van der Waals surface area contributed by atoms with E-state index in [0.29, 0.717) is 19.0 Å². The fourth-order valence-corrected chi connectivity index (χ4v) is 1.98. The fourth-order valence-electron chi connectivity index (χ4n) is 1.31. The van der Waals surface area contributed by atoms with Crippen LogP contribution in [0.5, 0.6) is 0 Å². The molecule has 0 saturated heterocycles. The summed E-state index contributed by atoms with van der Waals surface area (Å²) in [6.07, 6.45) is 1.65. The van der Waals surface area contributed by atoms with Crippen LogP contribution in [0.15, 0.2) is 17.0 Å². The second-order valence-corrected chi connectivity index (χ2v) is 5.56. The van der Waals surface area contributed by atoms with Crippen molar-refractivity contribution in [3.05, 3.63) is 29.3 Å². The van der Waals surface area contributed by atoms with Crippen LogP contribution >= 0.6 is 0 Å². The number of hydrogen-bond donors (Lipinski definition) is 1. The first-order valence-electron chi connectivity index (χ1n) is 4.74. The second kappa shape index (κ2) is 4.88. The maximum absolute atomic E-state index is 13.3. The van der Waals surface area contributed by atoms with Crippen molar-refractivity contribution < 1.29 is 17.2 Å². The zero-order valence-electron chi connectivity index (χ0n) is 8.83. The largest absolute Gasteiger partial charge is 0.330 e. The molecule has 0 saturated carbocycles. The molecule has 0 unspecified atom stereocenters. The van der Waals surface area contributed by atoms with Gasteiger partial charge in [-0.2, -0.15) is 0 Å². The lowest BCUT2D eigenvalue weighted by atomic mass is 10.1. The van der Waals surface area contributed by atoms with Crippen LogP contribution in [0.1, 0.15) is 12.0 Å². The molecule has 0 aliphatic heterocycles. The van der Waals surface area contributed by atoms with Crippen molar-refractivity contribution in [1.29, 1.82) is 0 Å². The van der Waals surface area contributed by atoms with E-state index < -0.39 is 21.5 Å². The van der Waals surface area contributed by atoms with Gasteiger partial charge in [0, 0.05) is 6.26 Å². The predicted molar refractivity (Wildman–Crippen MR) is 56.8 cm³/mol. The molecule has 0 spiro atoms. The standard InChI is InChI=1S/C10H13F2NO2S/c1-16(14,15)8-5-7(3-2-4-13)10(12)9(11)6-8/h5-6H,2-4,13H2,1H3. The second-order valence-electron chi connectivity index (χ2n) is 3.54. The van der Waals surface area contributed by atoms with E-state index in [1.54, 1.807) is 0 Å². The lowest BCUT2D eigenvalue weighted by Crippen LogP contribution is -2.06. The molecule has 0 amide bonds. The van der Waals surface area contributed by atoms with E-state index in [1.807, 2.05) is 0 Å². The van der Waals surface area contributed by atoms with Crippen molar-refractivity contribution in [1.82, 2.24) is 0 Å². The third-order valence-corrected chi connectivity index (χ3v) is 3.25. The number of nitrogens with two attached hydrogens (primary N) is 1. The maximum Gasteiger partial charge on any atom is 0.175 e. The van der Waals surface area contributed by atoms with Crippen molar-refractivity contribution in [2.45, 2.75) is 17.7 Å². The molecule has 0 aromatic heterocycles. The van der Waals surface area contributed by atoms with E-state index in [-0.39, 0.29) is 16.9 Å². The molecule has 16 heavy (non-hydrogen) atoms. The number of aryl methyl sites for hydroxylation is 1. The highest BCUT2D eigenvalue weighted by Gasteiger charge is 2.15. The zero-order valence-corrected chi connectivity index (χ0v) is 9.65. The Morgan fingerprint density at radius 2 is 1.94 bits per heavy atom. The van der Waals surface area contributed by atoms with Gasteiger partial charge in [-0.1, -0.05) is 0 Å². The van der Waals surface area contributed by atoms with Crippen LogP contribution in [-0.2, 0) is 16.3 Å². The van der Waals surface area contributed by atoms with Crippen LogP contribution in [0.25, 0.3) is 0 Å². The van der Waals surface area contributed by atoms with E-state index in [9.17, 15) is 17.2 Å². The smallest absolute Gasteiger partial charge is 0.175 e. The van der Waals surface area contributed by atoms with Crippen LogP contribution < -0.4 is 5.73 Å². The molecular weight excluding hydrogens is 236 g/mol. The van der Waals surface area contributed by atoms with E-state index in [2.05, 4.69) is 0 Å². The normalized spacial score (nSPS) is 11.8. The van der Waals surface area contributed by atoms with Crippen molar-refractivity contribution in [3.8, 4) is 0 Å². The van der Waals surface area contributed by atoms with Crippen LogP contribution in [0.2, 0.25) is 0 Å². The summed E-state index contributed by atoms with van der Waals surface area (Å²) >= 11 is 0. The summed E-state index contributed by atoms with van der Waals surface area (Å²) in [6, 6.07) is 1.85. The van der Waals surface area contributed by atoms with Crippen molar-refractivity contribution >= 4 is 9.84 Å². The molecule has 0 atom stereocenters. The molecule has 1 aromatic rings. The fraction of sp³-hybridized carbons (Fsp3) is 0.400. The Kier molecular flexibility index (Phi) is 3.98. The van der Waals surface area contributed by atoms with Gasteiger partial charge in [-0.3, -0.25) is 0 Å². The molecule has 2 N–H and O–H groups in total. The molecule has 1 aromatic carbocycles. The summed E-state index contributed by atoms with van der Waals surface area (Å²) in [5.41, 5.74) is 5.30. The molecule has 0 bridgehead atoms. The van der Waals surface area contributed by atoms with Gasteiger partial charge in [0.25, 0.3) is 0 Å². The Hall–Kier alpha value is -1.01. The van der Waals surface area contributed by atoms with Crippen molar-refractivity contribution in [2.75, 3.05) is 12.8 Å². The highest BCUT2D eigenvalue weighted by Crippen LogP contribution is 2.19. The van der Waals surface area contributed by atoms with Gasteiger partial charge in [0.05, 0.1) is 4.90 Å². The number of hydrogen-bond acceptors (Lipinski definition) is 3. The number of sulfone groups is 1. The van der Waals surface area contributed by atoms with Crippen LogP contribution in [0.4, 0.5) is 8.78 Å². The summed E-state index contributed by atoms with van der Waals surface area (Å²) in [5, 5.41) is 0. The summed E-state index contributed by atoms with van der Waals surface area (Å²) < 4.78 is 48.8. The summed E-state index contributed by atoms with van der Waals surface area (Å²) in [5.74, 6) is -2.14. The molecule has 3 nitrogen and oxygen atoms in total. The first kappa shape index (κ1) is 13.1. The molecule has 1 rings (SSSR count). The van der Waals surface area contributed by atoms with E-state index in [4.69, 9.17) is 5.73 Å². The average molecular weight is 249 g/mol. The highest BCUT2D eigenvalue weighted by atomic mass is 32.2. The lowest BCUT2D eigenvalue weighted by Gasteiger charge is -2.06. The Balaban J connectivity index is 3.22. The molecule has 0 aliphatic carbocycles. The average Bonchev–Trinajstić information content (AvgIpc) is 2.18. The Bertz CT molecular complexity index is 486. The third-order valence-electron chi connectivity index (χ3n) is 2.16. The zero-order chi connectivity index (χ0) is 12.3. The summed E-state index contributed by atoms with van der Waals surface area (Å²) in [6.45, 7) is 0.337. The van der Waals surface area contributed by atoms with Gasteiger partial charge in [-0.15, -0.1) is 0 Å². The quantitative estimate of drug-likeness (QED) is 0.817. The van der Waals surface area contributed by atoms with Gasteiger partial charge >= 0.3 is 0 Å². The number of halogens is 2. The van der Waals surface area contributed by atoms with Crippen molar-refractivity contribution in [2.24, 2.45) is 5.73 Å². The van der Waals surface area contributed by atoms with Gasteiger partial charge in [0.1, 0.15) is 0 Å². The molecule has 6 heteroatoms. The minimum atomic E-state index is -3.53. The van der Waals surface area contributed by atoms with Gasteiger partial charge in [-0.05, 0) is 37.1 Å². The molecule has 0 radical (unpaired) electrons. The van der Waals surface area contributed by atoms with Crippen LogP contribution in [0, 0.1) is 11.6 Å². The van der Waals surface area contributed by atoms with Crippen LogP contribution in [0.3, 0.4) is 0 Å². The lowest BCUT2D eigenvalue weighted by molar-refractivity contribution is 0.493. The predicted octanol–water partition coefficient (Wildman–Crippen LogP) is 1.26. The van der Waals surface area contributed by atoms with E-state index in [1.165, 1.54) is 0 Å². The Labute approximate surface area is 93.2 Å². The Morgan fingerprint density at radius 1 is 1.31 bits per heavy atom. The molecule has 90 valence electrons. The highest BCUT2D eigenvalue weighted by molar-refractivity contribution is 7.90. The van der Waals surface area contributed by atoms with Gasteiger partial charge < -0.3 is 5.73 Å². The van der Waals surface area contributed by atoms with Crippen molar-refractivity contribution in [3.63, 3.8) is 0 Å². The van der Waals surface area contributed by atoms with Gasteiger partial charge in [0.2, 0.25) is 0 Å². The SMILES string of the molecule is CS(=O)(=O)c1cc(F)c(F)c(CCCN)c1. The van der Waals surface area contributed by atoms with E-state index in [0.717, 1.165) is 12.3 Å². The van der Waals surface area contributed by atoms with Gasteiger partial charge in [0.15, 0.2) is 21.5 Å². The topological polar surface area (TPSA) is 60.2 Å². The number of benzene rings is 1. The third kappa shape index (κ3) is 2.99. The van der Waals surface area contributed by atoms with E-state index >= 15 is 0 Å². The number of rotatable bonds is 4. The summed E-state index contributed by atoms with van der Waals surface area (Å²) in [4.78, 5) is -0.210. The van der Waals surface area contributed by atoms with Gasteiger partial charge in [-0.25, -0.2) is 17.2 Å². The first-order chi connectivity index (χ1) is 7.36. The maximum atomic E-state index is 13.3. The Morgan fingerprint density at radius 3 is 2.44 bits per heavy atom. The molecule has 0 heterocycles. The minimum Gasteiger partial charge on any atom is -0.330 e. The van der Waals surface area contributed by atoms with Crippen LogP contribution in [-0.4, -0.2) is 21.2 Å². The monoisotopic (exact) mass is 249 g/mol. The molecule has 0 fully saturated rings. The molecule has 0 aliphatic rings. The molecular formula is C10H13F2NO2S. The summed E-state index contributed by atoms with van der Waals surface area (Å²) in [7, 11) is -3.53. The minimum absolute atomic E-state index is 0.0471.